The summed E-state index contributed by atoms with van der Waals surface area (Å²) in [6.07, 6.45) is 0. The molecule has 0 saturated carbocycles. The summed E-state index contributed by atoms with van der Waals surface area (Å²) in [6.45, 7) is 2.98. The van der Waals surface area contributed by atoms with Crippen molar-refractivity contribution in [3.63, 3.8) is 0 Å². The fourth-order valence-electron chi connectivity index (χ4n) is 2.77. The Hall–Kier alpha value is -2.80. The largest absolute Gasteiger partial charge is 0.497 e. The minimum Gasteiger partial charge on any atom is -0.497 e. The number of imidazole rings is 1. The van der Waals surface area contributed by atoms with Gasteiger partial charge < -0.3 is 13.8 Å². The number of para-hydroxylation sites is 2. The van der Waals surface area contributed by atoms with E-state index in [-0.39, 0.29) is 0 Å². The van der Waals surface area contributed by atoms with Gasteiger partial charge in [-0.3, -0.25) is 0 Å². The molecule has 0 radical (unpaired) electrons. The highest BCUT2D eigenvalue weighted by atomic mass is 32.2. The number of ether oxygens (including phenoxy) is 1. The van der Waals surface area contributed by atoms with E-state index < -0.39 is 0 Å². The molecular formula is C19H18N4O2S. The molecule has 0 spiro atoms. The number of fused-ring (bicyclic) bond motifs is 1. The number of benzene rings is 2. The number of aromatic nitrogens is 4. The standard InChI is InChI=1S/C19H18N4O2S/c1-3-23-16-7-5-4-6-15(16)20-19(23)26-12-17-21-18(22-25-17)13-8-10-14(24-2)11-9-13/h4-11H,3,12H2,1-2H3. The minimum atomic E-state index is 0.576. The first-order chi connectivity index (χ1) is 12.8. The predicted molar refractivity (Wildman–Crippen MR) is 101 cm³/mol. The first-order valence-corrected chi connectivity index (χ1v) is 9.32. The van der Waals surface area contributed by atoms with Crippen molar-refractivity contribution in [3.8, 4) is 17.1 Å². The average Bonchev–Trinajstić information content (AvgIpc) is 3.30. The van der Waals surface area contributed by atoms with Crippen molar-refractivity contribution in [2.24, 2.45) is 0 Å². The fraction of sp³-hybridized carbons (Fsp3) is 0.211. The third kappa shape index (κ3) is 3.17. The second-order valence-corrected chi connectivity index (χ2v) is 6.60. The summed E-state index contributed by atoms with van der Waals surface area (Å²) in [5, 5.41) is 5.03. The van der Waals surface area contributed by atoms with Crippen molar-refractivity contribution in [1.29, 1.82) is 0 Å². The molecule has 0 fully saturated rings. The second kappa shape index (κ2) is 7.21. The predicted octanol–water partition coefficient (Wildman–Crippen LogP) is 4.41. The van der Waals surface area contributed by atoms with Crippen molar-refractivity contribution in [3.05, 3.63) is 54.4 Å². The maximum atomic E-state index is 5.39. The highest BCUT2D eigenvalue weighted by molar-refractivity contribution is 7.98. The van der Waals surface area contributed by atoms with Crippen molar-refractivity contribution >= 4 is 22.8 Å². The van der Waals surface area contributed by atoms with Crippen LogP contribution in [0.25, 0.3) is 22.4 Å². The molecule has 0 N–H and O–H groups in total. The number of thioether (sulfide) groups is 1. The fourth-order valence-corrected chi connectivity index (χ4v) is 3.68. The lowest BCUT2D eigenvalue weighted by Gasteiger charge is -2.03. The van der Waals surface area contributed by atoms with E-state index in [1.165, 1.54) is 0 Å². The Bertz CT molecular complexity index is 1020. The smallest absolute Gasteiger partial charge is 0.237 e. The van der Waals surface area contributed by atoms with Crippen LogP contribution in [0.1, 0.15) is 12.8 Å². The Morgan fingerprint density at radius 2 is 1.88 bits per heavy atom. The summed E-state index contributed by atoms with van der Waals surface area (Å²) in [5.41, 5.74) is 3.04. The summed E-state index contributed by atoms with van der Waals surface area (Å²) >= 11 is 1.60. The second-order valence-electron chi connectivity index (χ2n) is 5.66. The van der Waals surface area contributed by atoms with Crippen LogP contribution in [-0.4, -0.2) is 26.8 Å². The van der Waals surface area contributed by atoms with Gasteiger partial charge in [-0.15, -0.1) is 0 Å². The Balaban J connectivity index is 1.51. The van der Waals surface area contributed by atoms with Crippen LogP contribution in [0.4, 0.5) is 0 Å². The molecule has 0 unspecified atom stereocenters. The molecule has 132 valence electrons. The molecule has 2 heterocycles. The molecule has 0 amide bonds. The van der Waals surface area contributed by atoms with Gasteiger partial charge in [-0.1, -0.05) is 29.1 Å². The van der Waals surface area contributed by atoms with Crippen molar-refractivity contribution < 1.29 is 9.26 Å². The molecule has 0 aliphatic heterocycles. The van der Waals surface area contributed by atoms with Crippen LogP contribution in [-0.2, 0) is 12.3 Å². The number of hydrogen-bond acceptors (Lipinski definition) is 6. The number of methoxy groups -OCH3 is 1. The quantitative estimate of drug-likeness (QED) is 0.471. The molecule has 2 aromatic heterocycles. The molecule has 2 aromatic carbocycles. The van der Waals surface area contributed by atoms with Crippen molar-refractivity contribution in [2.75, 3.05) is 7.11 Å². The third-order valence-corrected chi connectivity index (χ3v) is 5.04. The van der Waals surface area contributed by atoms with Crippen LogP contribution < -0.4 is 4.74 Å². The first-order valence-electron chi connectivity index (χ1n) is 8.33. The summed E-state index contributed by atoms with van der Waals surface area (Å²) in [6, 6.07) is 15.7. The third-order valence-electron chi connectivity index (χ3n) is 4.08. The van der Waals surface area contributed by atoms with Gasteiger partial charge in [0.15, 0.2) is 5.16 Å². The zero-order valence-corrected chi connectivity index (χ0v) is 15.4. The van der Waals surface area contributed by atoms with E-state index in [0.29, 0.717) is 17.5 Å². The molecular weight excluding hydrogens is 348 g/mol. The van der Waals surface area contributed by atoms with E-state index in [9.17, 15) is 0 Å². The Kier molecular flexibility index (Phi) is 4.62. The van der Waals surface area contributed by atoms with Gasteiger partial charge in [0.2, 0.25) is 11.7 Å². The number of hydrogen-bond donors (Lipinski definition) is 0. The molecule has 0 bridgehead atoms. The SMILES string of the molecule is CCn1c(SCc2nc(-c3ccc(OC)cc3)no2)nc2ccccc21. The van der Waals surface area contributed by atoms with Gasteiger partial charge >= 0.3 is 0 Å². The monoisotopic (exact) mass is 366 g/mol. The van der Waals surface area contributed by atoms with E-state index in [4.69, 9.17) is 14.2 Å². The maximum absolute atomic E-state index is 5.39. The lowest BCUT2D eigenvalue weighted by Crippen LogP contribution is -1.96. The van der Waals surface area contributed by atoms with Crippen molar-refractivity contribution in [2.45, 2.75) is 24.4 Å². The minimum absolute atomic E-state index is 0.576. The molecule has 0 saturated heterocycles. The molecule has 4 rings (SSSR count). The van der Waals surface area contributed by atoms with Crippen LogP contribution in [0, 0.1) is 0 Å². The van der Waals surface area contributed by atoms with Gasteiger partial charge in [0.05, 0.1) is 23.9 Å². The zero-order valence-electron chi connectivity index (χ0n) is 14.5. The Labute approximate surface area is 155 Å². The normalized spacial score (nSPS) is 11.2. The summed E-state index contributed by atoms with van der Waals surface area (Å²) in [5.74, 6) is 2.53. The van der Waals surface area contributed by atoms with Crippen LogP contribution in [0.15, 0.2) is 58.2 Å². The van der Waals surface area contributed by atoms with E-state index in [1.807, 2.05) is 42.5 Å². The number of nitrogens with zero attached hydrogens (tertiary/aromatic N) is 4. The molecule has 26 heavy (non-hydrogen) atoms. The zero-order chi connectivity index (χ0) is 17.9. The van der Waals surface area contributed by atoms with Gasteiger partial charge in [-0.2, -0.15) is 4.98 Å². The van der Waals surface area contributed by atoms with Crippen LogP contribution >= 0.6 is 11.8 Å². The van der Waals surface area contributed by atoms with Crippen LogP contribution in [0.2, 0.25) is 0 Å². The topological polar surface area (TPSA) is 66.0 Å². The lowest BCUT2D eigenvalue weighted by atomic mass is 10.2. The summed E-state index contributed by atoms with van der Waals surface area (Å²) < 4.78 is 12.8. The van der Waals surface area contributed by atoms with Gasteiger partial charge in [-0.25, -0.2) is 4.98 Å². The van der Waals surface area contributed by atoms with Crippen LogP contribution in [0.5, 0.6) is 5.75 Å². The van der Waals surface area contributed by atoms with Gasteiger partial charge in [0.25, 0.3) is 0 Å². The molecule has 4 aromatic rings. The molecule has 6 nitrogen and oxygen atoms in total. The van der Waals surface area contributed by atoms with E-state index in [2.05, 4.69) is 27.7 Å². The Morgan fingerprint density at radius 1 is 1.08 bits per heavy atom. The highest BCUT2D eigenvalue weighted by Gasteiger charge is 2.13. The lowest BCUT2D eigenvalue weighted by molar-refractivity contribution is 0.391. The number of rotatable bonds is 6. The maximum Gasteiger partial charge on any atom is 0.237 e. The molecule has 0 aliphatic carbocycles. The summed E-state index contributed by atoms with van der Waals surface area (Å²) in [4.78, 5) is 9.19. The first kappa shape index (κ1) is 16.7. The van der Waals surface area contributed by atoms with Crippen molar-refractivity contribution in [1.82, 2.24) is 19.7 Å². The summed E-state index contributed by atoms with van der Waals surface area (Å²) in [7, 11) is 1.64. The van der Waals surface area contributed by atoms with E-state index in [0.717, 1.165) is 34.0 Å². The average molecular weight is 366 g/mol. The van der Waals surface area contributed by atoms with E-state index >= 15 is 0 Å². The highest BCUT2D eigenvalue weighted by Crippen LogP contribution is 2.27. The Morgan fingerprint density at radius 3 is 2.65 bits per heavy atom. The molecule has 0 aliphatic rings. The van der Waals surface area contributed by atoms with Gasteiger partial charge in [0, 0.05) is 12.1 Å². The van der Waals surface area contributed by atoms with Gasteiger partial charge in [-0.05, 0) is 43.3 Å². The van der Waals surface area contributed by atoms with E-state index in [1.54, 1.807) is 18.9 Å². The van der Waals surface area contributed by atoms with Crippen LogP contribution in [0.3, 0.4) is 0 Å². The number of aryl methyl sites for hydroxylation is 1. The van der Waals surface area contributed by atoms with Gasteiger partial charge in [0.1, 0.15) is 5.75 Å². The molecule has 7 heteroatoms. The molecule has 0 atom stereocenters.